The number of rotatable bonds is 5. The van der Waals surface area contributed by atoms with E-state index in [1.807, 2.05) is 36.4 Å². The van der Waals surface area contributed by atoms with E-state index in [1.165, 1.54) is 0 Å². The molecule has 2 aromatic carbocycles. The third-order valence-electron chi connectivity index (χ3n) is 2.85. The van der Waals surface area contributed by atoms with E-state index in [0.717, 1.165) is 31.6 Å². The van der Waals surface area contributed by atoms with Crippen LogP contribution in [0.25, 0.3) is 0 Å². The van der Waals surface area contributed by atoms with Gasteiger partial charge in [-0.25, -0.2) is 0 Å². The molecule has 0 heterocycles. The highest BCUT2D eigenvalue weighted by Gasteiger charge is 2.05. The Kier molecular flexibility index (Phi) is 5.46. The lowest BCUT2D eigenvalue weighted by Crippen LogP contribution is -2.03. The molecule has 2 N–H and O–H groups in total. The van der Waals surface area contributed by atoms with Gasteiger partial charge in [-0.2, -0.15) is 0 Å². The lowest BCUT2D eigenvalue weighted by atomic mass is 10.2. The van der Waals surface area contributed by atoms with Crippen molar-refractivity contribution < 1.29 is 9.47 Å². The van der Waals surface area contributed by atoms with Gasteiger partial charge in [-0.1, -0.05) is 22.0 Å². The van der Waals surface area contributed by atoms with Crippen LogP contribution < -0.4 is 15.2 Å². The number of ether oxygens (including phenoxy) is 2. The minimum atomic E-state index is 0.446. The van der Waals surface area contributed by atoms with Crippen LogP contribution in [0.4, 0.5) is 0 Å². The van der Waals surface area contributed by atoms with Crippen LogP contribution in [0.15, 0.2) is 45.3 Å². The van der Waals surface area contributed by atoms with Crippen LogP contribution in [0.3, 0.4) is 0 Å². The molecule has 0 unspecified atom stereocenters. The Morgan fingerprint density at radius 3 is 2.45 bits per heavy atom. The third-order valence-corrected chi connectivity index (χ3v) is 3.97. The van der Waals surface area contributed by atoms with E-state index < -0.39 is 0 Å². The summed E-state index contributed by atoms with van der Waals surface area (Å²) in [5.41, 5.74) is 7.76. The van der Waals surface area contributed by atoms with Gasteiger partial charge < -0.3 is 15.2 Å². The van der Waals surface area contributed by atoms with Crippen molar-refractivity contribution in [2.75, 3.05) is 7.11 Å². The van der Waals surface area contributed by atoms with Crippen LogP contribution in [-0.4, -0.2) is 7.11 Å². The molecule has 0 saturated carbocycles. The quantitative estimate of drug-likeness (QED) is 0.815. The molecule has 0 aliphatic carbocycles. The summed E-state index contributed by atoms with van der Waals surface area (Å²) in [5.74, 6) is 1.61. The number of benzene rings is 2. The maximum Gasteiger partial charge on any atom is 0.133 e. The first-order valence-corrected chi connectivity index (χ1v) is 7.66. The Bertz CT molecular complexity index is 602. The predicted octanol–water partition coefficient (Wildman–Crippen LogP) is 4.26. The molecule has 0 fully saturated rings. The molecule has 0 spiro atoms. The van der Waals surface area contributed by atoms with Gasteiger partial charge in [-0.3, -0.25) is 0 Å². The minimum absolute atomic E-state index is 0.446. The van der Waals surface area contributed by atoms with E-state index in [0.29, 0.717) is 13.2 Å². The summed E-state index contributed by atoms with van der Waals surface area (Å²) in [5, 5.41) is 0. The number of methoxy groups -OCH3 is 1. The third kappa shape index (κ3) is 3.75. The Morgan fingerprint density at radius 1 is 1.05 bits per heavy atom. The second-order valence-corrected chi connectivity index (χ2v) is 5.98. The van der Waals surface area contributed by atoms with E-state index >= 15 is 0 Å². The number of nitrogens with two attached hydrogens (primary N) is 1. The zero-order valence-electron chi connectivity index (χ0n) is 11.0. The first-order valence-electron chi connectivity index (χ1n) is 6.07. The van der Waals surface area contributed by atoms with Gasteiger partial charge in [-0.15, -0.1) is 0 Å². The van der Waals surface area contributed by atoms with E-state index in [2.05, 4.69) is 31.9 Å². The minimum Gasteiger partial charge on any atom is -0.496 e. The molecule has 0 saturated heterocycles. The van der Waals surface area contributed by atoms with Crippen LogP contribution in [0.1, 0.15) is 11.1 Å². The molecule has 0 amide bonds. The summed E-state index contributed by atoms with van der Waals surface area (Å²) in [4.78, 5) is 0. The maximum atomic E-state index is 5.84. The van der Waals surface area contributed by atoms with Crippen molar-refractivity contribution in [1.82, 2.24) is 0 Å². The fraction of sp³-hybridized carbons (Fsp3) is 0.200. The number of hydrogen-bond donors (Lipinski definition) is 1. The summed E-state index contributed by atoms with van der Waals surface area (Å²) < 4.78 is 12.9. The highest BCUT2D eigenvalue weighted by Crippen LogP contribution is 2.27. The molecule has 0 aliphatic rings. The molecule has 0 bridgehead atoms. The van der Waals surface area contributed by atoms with Gasteiger partial charge in [0, 0.05) is 16.6 Å². The predicted molar refractivity (Wildman–Crippen MR) is 87.1 cm³/mol. The summed E-state index contributed by atoms with van der Waals surface area (Å²) in [6.07, 6.45) is 0. The zero-order valence-corrected chi connectivity index (χ0v) is 14.2. The summed E-state index contributed by atoms with van der Waals surface area (Å²) in [6, 6.07) is 11.7. The molecule has 0 radical (unpaired) electrons. The standard InChI is InChI=1S/C15H15Br2NO2/c1-19-15-4-2-10(6-13(15)17)9-20-14-5-3-12(16)7-11(14)8-18/h2-7H,8-9,18H2,1H3. The fourth-order valence-electron chi connectivity index (χ4n) is 1.81. The normalized spacial score (nSPS) is 10.4. The Morgan fingerprint density at radius 2 is 1.80 bits per heavy atom. The monoisotopic (exact) mass is 399 g/mol. The highest BCUT2D eigenvalue weighted by atomic mass is 79.9. The van der Waals surface area contributed by atoms with Gasteiger partial charge in [0.05, 0.1) is 11.6 Å². The van der Waals surface area contributed by atoms with Crippen molar-refractivity contribution >= 4 is 31.9 Å². The van der Waals surface area contributed by atoms with E-state index in [-0.39, 0.29) is 0 Å². The van der Waals surface area contributed by atoms with Gasteiger partial charge in [-0.05, 0) is 51.8 Å². The van der Waals surface area contributed by atoms with Crippen molar-refractivity contribution in [3.63, 3.8) is 0 Å². The SMILES string of the molecule is COc1ccc(COc2ccc(Br)cc2CN)cc1Br. The average Bonchev–Trinajstić information content (AvgIpc) is 2.46. The molecule has 0 atom stereocenters. The zero-order chi connectivity index (χ0) is 14.5. The lowest BCUT2D eigenvalue weighted by molar-refractivity contribution is 0.302. The van der Waals surface area contributed by atoms with Crippen LogP contribution >= 0.6 is 31.9 Å². The van der Waals surface area contributed by atoms with Crippen LogP contribution in [0, 0.1) is 0 Å². The van der Waals surface area contributed by atoms with Crippen molar-refractivity contribution in [3.8, 4) is 11.5 Å². The van der Waals surface area contributed by atoms with Gasteiger partial charge in [0.15, 0.2) is 0 Å². The first kappa shape index (κ1) is 15.4. The Labute approximate surface area is 135 Å². The molecular formula is C15H15Br2NO2. The van der Waals surface area contributed by atoms with Crippen molar-refractivity contribution in [1.29, 1.82) is 0 Å². The lowest BCUT2D eigenvalue weighted by Gasteiger charge is -2.12. The molecule has 20 heavy (non-hydrogen) atoms. The molecule has 2 aromatic rings. The molecular weight excluding hydrogens is 386 g/mol. The largest absolute Gasteiger partial charge is 0.496 e. The average molecular weight is 401 g/mol. The van der Waals surface area contributed by atoms with E-state index in [9.17, 15) is 0 Å². The van der Waals surface area contributed by atoms with Gasteiger partial charge in [0.25, 0.3) is 0 Å². The fourth-order valence-corrected chi connectivity index (χ4v) is 2.81. The summed E-state index contributed by atoms with van der Waals surface area (Å²) in [7, 11) is 1.64. The smallest absolute Gasteiger partial charge is 0.133 e. The second-order valence-electron chi connectivity index (χ2n) is 4.21. The molecule has 0 aromatic heterocycles. The Balaban J connectivity index is 2.10. The van der Waals surface area contributed by atoms with Gasteiger partial charge in [0.2, 0.25) is 0 Å². The topological polar surface area (TPSA) is 44.5 Å². The van der Waals surface area contributed by atoms with Crippen LogP contribution in [-0.2, 0) is 13.2 Å². The van der Waals surface area contributed by atoms with Crippen LogP contribution in [0.2, 0.25) is 0 Å². The summed E-state index contributed by atoms with van der Waals surface area (Å²) >= 11 is 6.89. The first-order chi connectivity index (χ1) is 9.63. The van der Waals surface area contributed by atoms with Crippen molar-refractivity contribution in [2.45, 2.75) is 13.2 Å². The Hall–Kier alpha value is -1.04. The molecule has 0 aliphatic heterocycles. The van der Waals surface area contributed by atoms with Gasteiger partial charge >= 0.3 is 0 Å². The number of hydrogen-bond acceptors (Lipinski definition) is 3. The van der Waals surface area contributed by atoms with E-state index in [4.69, 9.17) is 15.2 Å². The second kappa shape index (κ2) is 7.11. The molecule has 2 rings (SSSR count). The van der Waals surface area contributed by atoms with Gasteiger partial charge in [0.1, 0.15) is 18.1 Å². The van der Waals surface area contributed by atoms with E-state index in [1.54, 1.807) is 7.11 Å². The van der Waals surface area contributed by atoms with Crippen LogP contribution in [0.5, 0.6) is 11.5 Å². The molecule has 106 valence electrons. The number of halogens is 2. The maximum absolute atomic E-state index is 5.84. The molecule has 5 heteroatoms. The molecule has 3 nitrogen and oxygen atoms in total. The summed E-state index contributed by atoms with van der Waals surface area (Å²) in [6.45, 7) is 0.929. The highest BCUT2D eigenvalue weighted by molar-refractivity contribution is 9.10. The van der Waals surface area contributed by atoms with Crippen molar-refractivity contribution in [3.05, 3.63) is 56.5 Å². The van der Waals surface area contributed by atoms with Crippen molar-refractivity contribution in [2.24, 2.45) is 5.73 Å².